The van der Waals surface area contributed by atoms with Gasteiger partial charge in [0.05, 0.1) is 10.7 Å². The van der Waals surface area contributed by atoms with Crippen molar-refractivity contribution in [2.45, 2.75) is 13.5 Å². The van der Waals surface area contributed by atoms with Crippen LogP contribution in [0.3, 0.4) is 0 Å². The summed E-state index contributed by atoms with van der Waals surface area (Å²) in [6, 6.07) is 22.3. The summed E-state index contributed by atoms with van der Waals surface area (Å²) in [5.41, 5.74) is 3.28. The fourth-order valence-corrected chi connectivity index (χ4v) is 4.00. The monoisotopic (exact) mass is 468 g/mol. The molecule has 1 aromatic heterocycles. The van der Waals surface area contributed by atoms with Crippen molar-refractivity contribution in [2.75, 3.05) is 5.32 Å². The molecule has 5 nitrogen and oxygen atoms in total. The molecule has 4 aromatic rings. The van der Waals surface area contributed by atoms with Gasteiger partial charge < -0.3 is 5.32 Å². The molecule has 0 saturated carbocycles. The Bertz CT molecular complexity index is 1310. The van der Waals surface area contributed by atoms with Crippen molar-refractivity contribution in [1.82, 2.24) is 14.3 Å². The van der Waals surface area contributed by atoms with Crippen molar-refractivity contribution < 1.29 is 4.79 Å². The van der Waals surface area contributed by atoms with E-state index >= 15 is 0 Å². The summed E-state index contributed by atoms with van der Waals surface area (Å²) in [4.78, 5) is 12.6. The third kappa shape index (κ3) is 4.71. The minimum absolute atomic E-state index is 0.0370. The number of aromatic nitrogens is 3. The molecule has 0 saturated heterocycles. The Kier molecular flexibility index (Phi) is 6.23. The van der Waals surface area contributed by atoms with Crippen LogP contribution in [-0.4, -0.2) is 20.3 Å². The normalized spacial score (nSPS) is 10.8. The van der Waals surface area contributed by atoms with E-state index in [0.717, 1.165) is 11.3 Å². The van der Waals surface area contributed by atoms with Crippen molar-refractivity contribution in [3.05, 3.63) is 93.2 Å². The van der Waals surface area contributed by atoms with Crippen molar-refractivity contribution in [3.8, 4) is 17.1 Å². The van der Waals surface area contributed by atoms with E-state index in [9.17, 15) is 4.79 Å². The number of anilines is 1. The number of carbonyl (C=O) groups excluding carboxylic acids is 1. The third-order valence-corrected chi connectivity index (χ3v) is 5.56. The molecule has 31 heavy (non-hydrogen) atoms. The predicted molar refractivity (Wildman–Crippen MR) is 128 cm³/mol. The summed E-state index contributed by atoms with van der Waals surface area (Å²) in [5, 5.41) is 8.47. The molecule has 1 amide bonds. The van der Waals surface area contributed by atoms with Gasteiger partial charge in [0, 0.05) is 16.3 Å². The van der Waals surface area contributed by atoms with Gasteiger partial charge in [0.1, 0.15) is 6.54 Å². The second-order valence-electron chi connectivity index (χ2n) is 6.98. The molecule has 1 heterocycles. The Labute approximate surface area is 194 Å². The highest BCUT2D eigenvalue weighted by atomic mass is 35.5. The lowest BCUT2D eigenvalue weighted by Gasteiger charge is -2.09. The fourth-order valence-electron chi connectivity index (χ4n) is 3.21. The molecule has 0 aliphatic rings. The number of amides is 1. The number of nitrogens with one attached hydrogen (secondary N) is 1. The average molecular weight is 469 g/mol. The topological polar surface area (TPSA) is 51.9 Å². The molecule has 0 atom stereocenters. The van der Waals surface area contributed by atoms with Crippen LogP contribution >= 0.6 is 35.4 Å². The summed E-state index contributed by atoms with van der Waals surface area (Å²) >= 11 is 18.2. The van der Waals surface area contributed by atoms with Gasteiger partial charge in [-0.25, -0.2) is 4.68 Å². The number of benzene rings is 3. The molecule has 0 aliphatic heterocycles. The first-order chi connectivity index (χ1) is 14.9. The standard InChI is InChI=1S/C23H18Cl2N4OS/c1-15-6-5-9-18(12-15)29-22(19-11-10-16(24)13-20(19)25)27-28(23(29)31)14-21(30)26-17-7-3-2-4-8-17/h2-13H,14H2,1H3,(H,26,30). The van der Waals surface area contributed by atoms with Crippen LogP contribution in [-0.2, 0) is 11.3 Å². The van der Waals surface area contributed by atoms with Crippen molar-refractivity contribution in [2.24, 2.45) is 0 Å². The Morgan fingerprint density at radius 2 is 1.81 bits per heavy atom. The quantitative estimate of drug-likeness (QED) is 0.348. The molecule has 8 heteroatoms. The van der Waals surface area contributed by atoms with Gasteiger partial charge in [0.15, 0.2) is 5.82 Å². The van der Waals surface area contributed by atoms with Gasteiger partial charge in [-0.2, -0.15) is 5.10 Å². The maximum Gasteiger partial charge on any atom is 0.246 e. The number of nitrogens with zero attached hydrogens (tertiary/aromatic N) is 3. The molecule has 0 spiro atoms. The number of carbonyl (C=O) groups is 1. The van der Waals surface area contributed by atoms with Gasteiger partial charge >= 0.3 is 0 Å². The number of hydrogen-bond donors (Lipinski definition) is 1. The molecule has 3 aromatic carbocycles. The van der Waals surface area contributed by atoms with E-state index in [1.165, 1.54) is 4.68 Å². The second-order valence-corrected chi connectivity index (χ2v) is 8.19. The van der Waals surface area contributed by atoms with E-state index in [1.807, 2.05) is 66.1 Å². The highest BCUT2D eigenvalue weighted by Crippen LogP contribution is 2.31. The SMILES string of the molecule is Cc1cccc(-n2c(-c3ccc(Cl)cc3Cl)nn(CC(=O)Nc3ccccc3)c2=S)c1. The first-order valence-corrected chi connectivity index (χ1v) is 10.7. The Hall–Kier alpha value is -2.93. The first kappa shape index (κ1) is 21.3. The van der Waals surface area contributed by atoms with E-state index in [1.54, 1.807) is 18.2 Å². The predicted octanol–water partition coefficient (Wildman–Crippen LogP) is 6.32. The van der Waals surface area contributed by atoms with Crippen LogP contribution < -0.4 is 5.32 Å². The van der Waals surface area contributed by atoms with Crippen LogP contribution in [0.25, 0.3) is 17.1 Å². The number of halogens is 2. The minimum Gasteiger partial charge on any atom is -0.324 e. The van der Waals surface area contributed by atoms with Gasteiger partial charge in [0.2, 0.25) is 10.7 Å². The molecule has 4 rings (SSSR count). The highest BCUT2D eigenvalue weighted by Gasteiger charge is 2.18. The maximum absolute atomic E-state index is 12.6. The summed E-state index contributed by atoms with van der Waals surface area (Å²) in [5.74, 6) is 0.301. The lowest BCUT2D eigenvalue weighted by Crippen LogP contribution is -2.19. The van der Waals surface area contributed by atoms with E-state index in [2.05, 4.69) is 10.4 Å². The molecule has 0 radical (unpaired) electrons. The van der Waals surface area contributed by atoms with Gasteiger partial charge in [0.25, 0.3) is 0 Å². The van der Waals surface area contributed by atoms with E-state index < -0.39 is 0 Å². The molecule has 0 bridgehead atoms. The minimum atomic E-state index is -0.232. The Morgan fingerprint density at radius 3 is 2.52 bits per heavy atom. The summed E-state index contributed by atoms with van der Waals surface area (Å²) in [6.45, 7) is 1.96. The zero-order chi connectivity index (χ0) is 22.0. The molecule has 1 N–H and O–H groups in total. The van der Waals surface area contributed by atoms with E-state index in [0.29, 0.717) is 31.9 Å². The summed E-state index contributed by atoms with van der Waals surface area (Å²) in [7, 11) is 0. The van der Waals surface area contributed by atoms with Crippen molar-refractivity contribution in [1.29, 1.82) is 0 Å². The fraction of sp³-hybridized carbons (Fsp3) is 0.0870. The second kappa shape index (κ2) is 9.06. The largest absolute Gasteiger partial charge is 0.324 e. The summed E-state index contributed by atoms with van der Waals surface area (Å²) in [6.07, 6.45) is 0. The number of rotatable bonds is 5. The number of hydrogen-bond acceptors (Lipinski definition) is 3. The van der Waals surface area contributed by atoms with Crippen molar-refractivity contribution in [3.63, 3.8) is 0 Å². The van der Waals surface area contributed by atoms with Crippen LogP contribution in [0.1, 0.15) is 5.56 Å². The third-order valence-electron chi connectivity index (χ3n) is 4.62. The molecule has 0 unspecified atom stereocenters. The smallest absolute Gasteiger partial charge is 0.246 e. The van der Waals surface area contributed by atoms with Crippen LogP contribution in [0, 0.1) is 11.7 Å². The van der Waals surface area contributed by atoms with Crippen LogP contribution in [0.4, 0.5) is 5.69 Å². The van der Waals surface area contributed by atoms with Crippen LogP contribution in [0.15, 0.2) is 72.8 Å². The highest BCUT2D eigenvalue weighted by molar-refractivity contribution is 7.71. The lowest BCUT2D eigenvalue weighted by molar-refractivity contribution is -0.116. The number of para-hydroxylation sites is 1. The zero-order valence-electron chi connectivity index (χ0n) is 16.5. The van der Waals surface area contributed by atoms with E-state index in [-0.39, 0.29) is 12.5 Å². The zero-order valence-corrected chi connectivity index (χ0v) is 18.9. The lowest BCUT2D eigenvalue weighted by atomic mass is 10.2. The maximum atomic E-state index is 12.6. The first-order valence-electron chi connectivity index (χ1n) is 9.49. The molecular formula is C23H18Cl2N4OS. The van der Waals surface area contributed by atoms with Gasteiger partial charge in [-0.1, -0.05) is 53.5 Å². The molecule has 0 aliphatic carbocycles. The average Bonchev–Trinajstić information content (AvgIpc) is 3.04. The molecule has 0 fully saturated rings. The molecular weight excluding hydrogens is 451 g/mol. The van der Waals surface area contributed by atoms with Gasteiger partial charge in [-0.3, -0.25) is 9.36 Å². The van der Waals surface area contributed by atoms with Crippen LogP contribution in [0.2, 0.25) is 10.0 Å². The summed E-state index contributed by atoms with van der Waals surface area (Å²) < 4.78 is 3.69. The Morgan fingerprint density at radius 1 is 1.03 bits per heavy atom. The van der Waals surface area contributed by atoms with Gasteiger partial charge in [-0.15, -0.1) is 0 Å². The van der Waals surface area contributed by atoms with Crippen LogP contribution in [0.5, 0.6) is 0 Å². The molecule has 156 valence electrons. The van der Waals surface area contributed by atoms with Crippen molar-refractivity contribution >= 4 is 47.0 Å². The number of aryl methyl sites for hydroxylation is 1. The Balaban J connectivity index is 1.79. The van der Waals surface area contributed by atoms with Gasteiger partial charge in [-0.05, 0) is 67.2 Å². The van der Waals surface area contributed by atoms with E-state index in [4.69, 9.17) is 35.4 Å².